The van der Waals surface area contributed by atoms with E-state index in [-0.39, 0.29) is 12.8 Å². The third-order valence-corrected chi connectivity index (χ3v) is 3.56. The van der Waals surface area contributed by atoms with Crippen molar-refractivity contribution in [2.24, 2.45) is 11.8 Å². The van der Waals surface area contributed by atoms with Gasteiger partial charge in [0.05, 0.1) is 24.7 Å². The molecule has 0 aliphatic rings. The molecule has 2 atom stereocenters. The molecule has 0 saturated carbocycles. The smallest absolute Gasteiger partial charge is 0.314 e. The van der Waals surface area contributed by atoms with E-state index in [2.05, 4.69) is 4.74 Å². The number of hydrogen-bond donors (Lipinski definition) is 2. The second-order valence-corrected chi connectivity index (χ2v) is 5.61. The summed E-state index contributed by atoms with van der Waals surface area (Å²) in [5, 5.41) is 18.1. The highest BCUT2D eigenvalue weighted by molar-refractivity contribution is 5.89. The van der Waals surface area contributed by atoms with Crippen LogP contribution in [0.1, 0.15) is 65.2 Å². The van der Waals surface area contributed by atoms with Crippen LogP contribution in [0.5, 0.6) is 0 Å². The minimum atomic E-state index is -1.10. The number of ether oxygens (including phenoxy) is 1. The summed E-state index contributed by atoms with van der Waals surface area (Å²) in [6.07, 6.45) is 2.84. The molecule has 23 heavy (non-hydrogen) atoms. The van der Waals surface area contributed by atoms with E-state index in [9.17, 15) is 19.2 Å². The lowest BCUT2D eigenvalue weighted by Gasteiger charge is -2.12. The first kappa shape index (κ1) is 21.1. The van der Waals surface area contributed by atoms with Crippen LogP contribution in [-0.2, 0) is 23.9 Å². The zero-order chi connectivity index (χ0) is 17.8. The van der Waals surface area contributed by atoms with Crippen LogP contribution in [0.3, 0.4) is 0 Å². The summed E-state index contributed by atoms with van der Waals surface area (Å²) in [5.41, 5.74) is 0. The first-order valence-electron chi connectivity index (χ1n) is 8.00. The normalized spacial score (nSPS) is 13.1. The molecule has 0 aliphatic carbocycles. The molecule has 0 radical (unpaired) electrons. The molecule has 0 heterocycles. The molecule has 2 unspecified atom stereocenters. The van der Waals surface area contributed by atoms with E-state index in [1.807, 2.05) is 13.8 Å². The summed E-state index contributed by atoms with van der Waals surface area (Å²) < 4.78 is 4.57. The maximum atomic E-state index is 11.6. The molecule has 0 spiro atoms. The van der Waals surface area contributed by atoms with E-state index < -0.39 is 35.7 Å². The van der Waals surface area contributed by atoms with Crippen molar-refractivity contribution >= 4 is 23.9 Å². The number of carbonyl (C=O) groups excluding carboxylic acids is 2. The Morgan fingerprint density at radius 2 is 1.13 bits per heavy atom. The monoisotopic (exact) mass is 330 g/mol. The Bertz CT molecular complexity index is 379. The van der Waals surface area contributed by atoms with E-state index in [1.54, 1.807) is 0 Å². The molecule has 0 aromatic rings. The first-order valence-corrected chi connectivity index (χ1v) is 8.00. The number of carbonyl (C=O) groups is 4. The second-order valence-electron chi connectivity index (χ2n) is 5.61. The second kappa shape index (κ2) is 11.6. The van der Waals surface area contributed by atoms with Crippen molar-refractivity contribution in [2.45, 2.75) is 65.2 Å². The van der Waals surface area contributed by atoms with Gasteiger partial charge in [0.2, 0.25) is 0 Å². The minimum Gasteiger partial charge on any atom is -0.481 e. The molecule has 0 saturated heterocycles. The molecule has 0 amide bonds. The van der Waals surface area contributed by atoms with Crippen LogP contribution in [0, 0.1) is 11.8 Å². The number of unbranched alkanes of at least 4 members (excludes halogenated alkanes) is 2. The molecular formula is C16H26O7. The Balaban J connectivity index is 4.42. The Hall–Kier alpha value is -1.92. The predicted molar refractivity (Wildman–Crippen MR) is 81.6 cm³/mol. The van der Waals surface area contributed by atoms with Crippen molar-refractivity contribution < 1.29 is 34.1 Å². The highest BCUT2D eigenvalue weighted by Gasteiger charge is 2.26. The molecule has 0 fully saturated rings. The molecule has 0 rings (SSSR count). The lowest BCUT2D eigenvalue weighted by molar-refractivity contribution is -0.164. The fraction of sp³-hybridized carbons (Fsp3) is 0.750. The average Bonchev–Trinajstić information content (AvgIpc) is 2.46. The lowest BCUT2D eigenvalue weighted by atomic mass is 9.98. The van der Waals surface area contributed by atoms with Gasteiger partial charge in [0.1, 0.15) is 0 Å². The first-order chi connectivity index (χ1) is 10.8. The lowest BCUT2D eigenvalue weighted by Crippen LogP contribution is -2.24. The van der Waals surface area contributed by atoms with Gasteiger partial charge < -0.3 is 14.9 Å². The Morgan fingerprint density at radius 3 is 1.39 bits per heavy atom. The van der Waals surface area contributed by atoms with Gasteiger partial charge in [-0.05, 0) is 12.8 Å². The summed E-state index contributed by atoms with van der Waals surface area (Å²) >= 11 is 0. The van der Waals surface area contributed by atoms with Crippen molar-refractivity contribution in [2.75, 3.05) is 0 Å². The van der Waals surface area contributed by atoms with E-state index in [0.29, 0.717) is 25.7 Å². The third kappa shape index (κ3) is 9.65. The Kier molecular flexibility index (Phi) is 10.7. The van der Waals surface area contributed by atoms with Crippen molar-refractivity contribution in [3.63, 3.8) is 0 Å². The van der Waals surface area contributed by atoms with Gasteiger partial charge >= 0.3 is 23.9 Å². The van der Waals surface area contributed by atoms with Crippen molar-refractivity contribution in [3.05, 3.63) is 0 Å². The average molecular weight is 330 g/mol. The largest absolute Gasteiger partial charge is 0.481 e. The van der Waals surface area contributed by atoms with E-state index in [4.69, 9.17) is 10.2 Å². The van der Waals surface area contributed by atoms with Gasteiger partial charge in [-0.3, -0.25) is 19.2 Å². The summed E-state index contributed by atoms with van der Waals surface area (Å²) in [4.78, 5) is 45.4. The number of hydrogen-bond acceptors (Lipinski definition) is 5. The molecule has 0 bridgehead atoms. The molecule has 0 aromatic carbocycles. The van der Waals surface area contributed by atoms with Crippen LogP contribution in [-0.4, -0.2) is 34.1 Å². The Morgan fingerprint density at radius 1 is 0.783 bits per heavy atom. The molecule has 0 aromatic heterocycles. The topological polar surface area (TPSA) is 118 Å². The highest BCUT2D eigenvalue weighted by Crippen LogP contribution is 2.17. The van der Waals surface area contributed by atoms with Crippen LogP contribution in [0.25, 0.3) is 0 Å². The van der Waals surface area contributed by atoms with Crippen LogP contribution >= 0.6 is 0 Å². The minimum absolute atomic E-state index is 0.337. The zero-order valence-electron chi connectivity index (χ0n) is 13.7. The van der Waals surface area contributed by atoms with Gasteiger partial charge in [0.15, 0.2) is 0 Å². The van der Waals surface area contributed by atoms with Crippen molar-refractivity contribution in [3.8, 4) is 0 Å². The van der Waals surface area contributed by atoms with Gasteiger partial charge in [-0.25, -0.2) is 0 Å². The number of rotatable bonds is 12. The van der Waals surface area contributed by atoms with Gasteiger partial charge in [-0.15, -0.1) is 0 Å². The number of aliphatic carboxylic acids is 2. The quantitative estimate of drug-likeness (QED) is 0.417. The summed E-state index contributed by atoms with van der Waals surface area (Å²) in [7, 11) is 0. The number of esters is 2. The van der Waals surface area contributed by atoms with Crippen LogP contribution in [0.4, 0.5) is 0 Å². The standard InChI is InChI=1S/C16H26O7/c1-3-5-7-11(15(19)20)9-13(17)23-14(18)10-12(16(21)22)8-6-4-2/h11-12H,3-10H2,1-2H3,(H,19,20)(H,21,22). The molecule has 7 nitrogen and oxygen atoms in total. The third-order valence-electron chi connectivity index (χ3n) is 3.56. The van der Waals surface area contributed by atoms with Gasteiger partial charge in [-0.2, -0.15) is 0 Å². The zero-order valence-corrected chi connectivity index (χ0v) is 13.7. The number of carboxylic acids is 2. The van der Waals surface area contributed by atoms with Crippen LogP contribution < -0.4 is 0 Å². The van der Waals surface area contributed by atoms with Crippen LogP contribution in [0.2, 0.25) is 0 Å². The molecule has 132 valence electrons. The SMILES string of the molecule is CCCCC(CC(=O)OC(=O)CC(CCCC)C(=O)O)C(=O)O. The predicted octanol–water partition coefficient (Wildman–Crippen LogP) is 2.62. The van der Waals surface area contributed by atoms with E-state index in [1.165, 1.54) is 0 Å². The molecule has 7 heteroatoms. The summed E-state index contributed by atoms with van der Waals surface area (Å²) in [5.74, 6) is -5.81. The summed E-state index contributed by atoms with van der Waals surface area (Å²) in [6, 6.07) is 0. The van der Waals surface area contributed by atoms with Gasteiger partial charge in [0, 0.05) is 0 Å². The van der Waals surface area contributed by atoms with Crippen molar-refractivity contribution in [1.29, 1.82) is 0 Å². The fourth-order valence-corrected chi connectivity index (χ4v) is 2.14. The summed E-state index contributed by atoms with van der Waals surface area (Å²) in [6.45, 7) is 3.81. The van der Waals surface area contributed by atoms with Gasteiger partial charge in [-0.1, -0.05) is 39.5 Å². The maximum Gasteiger partial charge on any atom is 0.314 e. The van der Waals surface area contributed by atoms with E-state index in [0.717, 1.165) is 12.8 Å². The number of carboxylic acid groups (broad SMARTS) is 2. The molecule has 0 aliphatic heterocycles. The molecule has 2 N–H and O–H groups in total. The highest BCUT2D eigenvalue weighted by atomic mass is 16.6. The Labute approximate surface area is 136 Å². The van der Waals surface area contributed by atoms with E-state index >= 15 is 0 Å². The van der Waals surface area contributed by atoms with Crippen molar-refractivity contribution in [1.82, 2.24) is 0 Å². The fourth-order valence-electron chi connectivity index (χ4n) is 2.14. The molecular weight excluding hydrogens is 304 g/mol. The maximum absolute atomic E-state index is 11.6. The van der Waals surface area contributed by atoms with Gasteiger partial charge in [0.25, 0.3) is 0 Å². The van der Waals surface area contributed by atoms with Crippen LogP contribution in [0.15, 0.2) is 0 Å².